The third-order valence-corrected chi connectivity index (χ3v) is 4.19. The Morgan fingerprint density at radius 1 is 1.42 bits per heavy atom. The first-order valence-electron chi connectivity index (χ1n) is 7.88. The second-order valence-electron chi connectivity index (χ2n) is 6.14. The van der Waals surface area contributed by atoms with Crippen molar-refractivity contribution in [1.82, 2.24) is 5.32 Å². The smallest absolute Gasteiger partial charge is 0.109 e. The predicted octanol–water partition coefficient (Wildman–Crippen LogP) is 3.50. The lowest BCUT2D eigenvalue weighted by atomic mass is 9.86. The SMILES string of the molecule is CCNC1(C#N)CCCC1CCOCCCC(C)C. The fourth-order valence-electron chi connectivity index (χ4n) is 3.12. The number of rotatable bonds is 9. The molecule has 1 N–H and O–H groups in total. The maximum atomic E-state index is 9.47. The molecule has 2 atom stereocenters. The molecule has 110 valence electrons. The minimum Gasteiger partial charge on any atom is -0.381 e. The molecule has 1 fully saturated rings. The molecule has 2 unspecified atom stereocenters. The average molecular weight is 266 g/mol. The number of nitrogens with one attached hydrogen (secondary N) is 1. The molecule has 0 aromatic carbocycles. The first-order valence-corrected chi connectivity index (χ1v) is 7.88. The summed E-state index contributed by atoms with van der Waals surface area (Å²) < 4.78 is 5.72. The van der Waals surface area contributed by atoms with Gasteiger partial charge in [-0.2, -0.15) is 5.26 Å². The molecule has 3 heteroatoms. The lowest BCUT2D eigenvalue weighted by molar-refractivity contribution is 0.106. The van der Waals surface area contributed by atoms with Crippen LogP contribution in [-0.4, -0.2) is 25.3 Å². The normalized spacial score (nSPS) is 26.8. The zero-order valence-corrected chi connectivity index (χ0v) is 12.9. The summed E-state index contributed by atoms with van der Waals surface area (Å²) >= 11 is 0. The largest absolute Gasteiger partial charge is 0.381 e. The summed E-state index contributed by atoms with van der Waals surface area (Å²) in [6, 6.07) is 2.53. The van der Waals surface area contributed by atoms with Crippen LogP contribution in [0.4, 0.5) is 0 Å². The van der Waals surface area contributed by atoms with Crippen molar-refractivity contribution >= 4 is 0 Å². The van der Waals surface area contributed by atoms with Gasteiger partial charge in [-0.3, -0.25) is 5.32 Å². The van der Waals surface area contributed by atoms with Crippen molar-refractivity contribution in [3.8, 4) is 6.07 Å². The zero-order chi connectivity index (χ0) is 14.1. The van der Waals surface area contributed by atoms with Gasteiger partial charge in [0.1, 0.15) is 5.54 Å². The van der Waals surface area contributed by atoms with Gasteiger partial charge in [0.15, 0.2) is 0 Å². The molecule has 0 radical (unpaired) electrons. The molecule has 0 heterocycles. The predicted molar refractivity (Wildman–Crippen MR) is 78.9 cm³/mol. The Hall–Kier alpha value is -0.590. The van der Waals surface area contributed by atoms with Gasteiger partial charge < -0.3 is 4.74 Å². The molecule has 0 aromatic heterocycles. The van der Waals surface area contributed by atoms with E-state index in [0.29, 0.717) is 5.92 Å². The highest BCUT2D eigenvalue weighted by Gasteiger charge is 2.42. The Kier molecular flexibility index (Phi) is 7.41. The molecule has 1 aliphatic rings. The van der Waals surface area contributed by atoms with Crippen LogP contribution >= 0.6 is 0 Å². The van der Waals surface area contributed by atoms with E-state index >= 15 is 0 Å². The summed E-state index contributed by atoms with van der Waals surface area (Å²) in [5.74, 6) is 1.22. The summed E-state index contributed by atoms with van der Waals surface area (Å²) in [6.45, 7) is 9.12. The lowest BCUT2D eigenvalue weighted by Gasteiger charge is -2.29. The molecule has 1 saturated carbocycles. The van der Waals surface area contributed by atoms with Gasteiger partial charge in [0, 0.05) is 13.2 Å². The van der Waals surface area contributed by atoms with Crippen molar-refractivity contribution < 1.29 is 4.74 Å². The van der Waals surface area contributed by atoms with Crippen LogP contribution in [0.2, 0.25) is 0 Å². The zero-order valence-electron chi connectivity index (χ0n) is 12.9. The van der Waals surface area contributed by atoms with E-state index in [0.717, 1.165) is 51.4 Å². The van der Waals surface area contributed by atoms with E-state index in [2.05, 4.69) is 32.2 Å². The standard InChI is InChI=1S/C16H30N2O/c1-4-18-16(13-17)10-5-8-15(16)9-12-19-11-6-7-14(2)3/h14-15,18H,4-12H2,1-3H3. The van der Waals surface area contributed by atoms with E-state index in [4.69, 9.17) is 4.74 Å². The molecule has 0 bridgehead atoms. The summed E-state index contributed by atoms with van der Waals surface area (Å²) in [5.41, 5.74) is -0.282. The molecule has 0 aromatic rings. The van der Waals surface area contributed by atoms with Crippen LogP contribution in [0.5, 0.6) is 0 Å². The highest BCUT2D eigenvalue weighted by atomic mass is 16.5. The van der Waals surface area contributed by atoms with Gasteiger partial charge >= 0.3 is 0 Å². The second-order valence-corrected chi connectivity index (χ2v) is 6.14. The fraction of sp³-hybridized carbons (Fsp3) is 0.938. The molecule has 0 aliphatic heterocycles. The summed E-state index contributed by atoms with van der Waals surface area (Å²) in [5, 5.41) is 12.9. The maximum absolute atomic E-state index is 9.47. The third kappa shape index (κ3) is 5.12. The number of hydrogen-bond donors (Lipinski definition) is 1. The molecule has 19 heavy (non-hydrogen) atoms. The first kappa shape index (κ1) is 16.5. The summed E-state index contributed by atoms with van der Waals surface area (Å²) in [6.07, 6.45) is 6.73. The molecule has 1 aliphatic carbocycles. The van der Waals surface area contributed by atoms with Crippen LogP contribution in [0.15, 0.2) is 0 Å². The van der Waals surface area contributed by atoms with Crippen LogP contribution in [0, 0.1) is 23.2 Å². The van der Waals surface area contributed by atoms with E-state index < -0.39 is 0 Å². The minimum atomic E-state index is -0.282. The Labute approximate surface area is 118 Å². The van der Waals surface area contributed by atoms with Gasteiger partial charge in [-0.1, -0.05) is 27.2 Å². The topological polar surface area (TPSA) is 45.0 Å². The van der Waals surface area contributed by atoms with Crippen LogP contribution in [-0.2, 0) is 4.74 Å². The van der Waals surface area contributed by atoms with Crippen molar-refractivity contribution in [3.63, 3.8) is 0 Å². The van der Waals surface area contributed by atoms with E-state index in [1.165, 1.54) is 12.8 Å². The van der Waals surface area contributed by atoms with Crippen LogP contribution in [0.1, 0.15) is 59.3 Å². The Bertz CT molecular complexity index is 285. The van der Waals surface area contributed by atoms with Crippen molar-refractivity contribution in [2.45, 2.75) is 64.8 Å². The van der Waals surface area contributed by atoms with Gasteiger partial charge in [0.05, 0.1) is 6.07 Å². The van der Waals surface area contributed by atoms with Gasteiger partial charge in [-0.05, 0) is 50.5 Å². The van der Waals surface area contributed by atoms with Crippen molar-refractivity contribution in [1.29, 1.82) is 5.26 Å². The molecule has 0 amide bonds. The number of nitrogens with zero attached hydrogens (tertiary/aromatic N) is 1. The maximum Gasteiger partial charge on any atom is 0.109 e. The van der Waals surface area contributed by atoms with Gasteiger partial charge in [-0.25, -0.2) is 0 Å². The average Bonchev–Trinajstić information content (AvgIpc) is 2.77. The molecule has 0 spiro atoms. The quantitative estimate of drug-likeness (QED) is 0.650. The third-order valence-electron chi connectivity index (χ3n) is 4.19. The minimum absolute atomic E-state index is 0.282. The number of hydrogen-bond acceptors (Lipinski definition) is 3. The van der Waals surface area contributed by atoms with E-state index in [1.54, 1.807) is 0 Å². The number of nitriles is 1. The Balaban J connectivity index is 2.23. The van der Waals surface area contributed by atoms with Gasteiger partial charge in [0.2, 0.25) is 0 Å². The lowest BCUT2D eigenvalue weighted by Crippen LogP contribution is -2.47. The van der Waals surface area contributed by atoms with Crippen molar-refractivity contribution in [3.05, 3.63) is 0 Å². The highest BCUT2D eigenvalue weighted by Crippen LogP contribution is 2.37. The number of ether oxygens (including phenoxy) is 1. The molecule has 1 rings (SSSR count). The van der Waals surface area contributed by atoms with Crippen LogP contribution < -0.4 is 5.32 Å². The molecular weight excluding hydrogens is 236 g/mol. The van der Waals surface area contributed by atoms with Crippen LogP contribution in [0.3, 0.4) is 0 Å². The summed E-state index contributed by atoms with van der Waals surface area (Å²) in [4.78, 5) is 0. The van der Waals surface area contributed by atoms with Crippen molar-refractivity contribution in [2.75, 3.05) is 19.8 Å². The van der Waals surface area contributed by atoms with Gasteiger partial charge in [0.25, 0.3) is 0 Å². The monoisotopic (exact) mass is 266 g/mol. The summed E-state index contributed by atoms with van der Waals surface area (Å²) in [7, 11) is 0. The van der Waals surface area contributed by atoms with E-state index in [9.17, 15) is 5.26 Å². The highest BCUT2D eigenvalue weighted by molar-refractivity contribution is 5.13. The van der Waals surface area contributed by atoms with E-state index in [-0.39, 0.29) is 5.54 Å². The molecular formula is C16H30N2O. The second kappa shape index (κ2) is 8.55. The van der Waals surface area contributed by atoms with Crippen molar-refractivity contribution in [2.24, 2.45) is 11.8 Å². The van der Waals surface area contributed by atoms with E-state index in [1.807, 2.05) is 0 Å². The first-order chi connectivity index (χ1) is 9.14. The van der Waals surface area contributed by atoms with Gasteiger partial charge in [-0.15, -0.1) is 0 Å². The Morgan fingerprint density at radius 3 is 2.84 bits per heavy atom. The Morgan fingerprint density at radius 2 is 2.21 bits per heavy atom. The van der Waals surface area contributed by atoms with Crippen LogP contribution in [0.25, 0.3) is 0 Å². The molecule has 0 saturated heterocycles. The fourth-order valence-corrected chi connectivity index (χ4v) is 3.12. The molecule has 3 nitrogen and oxygen atoms in total.